The van der Waals surface area contributed by atoms with E-state index in [2.05, 4.69) is 0 Å². The first-order valence-electron chi connectivity index (χ1n) is 5.87. The number of thioether (sulfide) groups is 1. The van der Waals surface area contributed by atoms with Crippen molar-refractivity contribution in [3.05, 3.63) is 52.5 Å². The molecule has 0 aromatic heterocycles. The number of rotatable bonds is 4. The van der Waals surface area contributed by atoms with E-state index < -0.39 is 5.97 Å². The zero-order valence-corrected chi connectivity index (χ0v) is 12.6. The monoisotopic (exact) mass is 308 g/mol. The summed E-state index contributed by atoms with van der Waals surface area (Å²) in [4.78, 5) is 12.1. The molecule has 2 rings (SSSR count). The zero-order valence-electron chi connectivity index (χ0n) is 11.0. The van der Waals surface area contributed by atoms with Crippen LogP contribution in [0.5, 0.6) is 11.5 Å². The fourth-order valence-corrected chi connectivity index (χ4v) is 2.66. The van der Waals surface area contributed by atoms with Crippen molar-refractivity contribution in [3.63, 3.8) is 0 Å². The number of aromatic carboxylic acids is 1. The van der Waals surface area contributed by atoms with Gasteiger partial charge in [-0.2, -0.15) is 0 Å². The highest BCUT2D eigenvalue weighted by atomic mass is 35.5. The van der Waals surface area contributed by atoms with E-state index >= 15 is 0 Å². The average molecular weight is 309 g/mol. The van der Waals surface area contributed by atoms with E-state index in [-0.39, 0.29) is 11.3 Å². The van der Waals surface area contributed by atoms with Crippen molar-refractivity contribution in [2.75, 3.05) is 6.26 Å². The van der Waals surface area contributed by atoms with Crippen LogP contribution in [0.3, 0.4) is 0 Å². The van der Waals surface area contributed by atoms with E-state index in [1.807, 2.05) is 19.2 Å². The van der Waals surface area contributed by atoms with Gasteiger partial charge in [0.2, 0.25) is 0 Å². The zero-order chi connectivity index (χ0) is 14.7. The molecule has 0 amide bonds. The summed E-state index contributed by atoms with van der Waals surface area (Å²) in [7, 11) is 0. The Kier molecular flexibility index (Phi) is 4.57. The van der Waals surface area contributed by atoms with Crippen LogP contribution in [0.4, 0.5) is 0 Å². The minimum Gasteiger partial charge on any atom is -0.478 e. The fourth-order valence-electron chi connectivity index (χ4n) is 1.78. The van der Waals surface area contributed by atoms with Gasteiger partial charge in [-0.1, -0.05) is 23.7 Å². The summed E-state index contributed by atoms with van der Waals surface area (Å²) in [5.74, 6) is -0.290. The molecule has 0 saturated heterocycles. The Morgan fingerprint density at radius 2 is 2.00 bits per heavy atom. The molecule has 0 aliphatic rings. The minimum atomic E-state index is -1.02. The molecule has 2 aromatic carbocycles. The van der Waals surface area contributed by atoms with Gasteiger partial charge in [0.15, 0.2) is 0 Å². The Morgan fingerprint density at radius 1 is 1.25 bits per heavy atom. The van der Waals surface area contributed by atoms with Gasteiger partial charge in [0.25, 0.3) is 0 Å². The van der Waals surface area contributed by atoms with E-state index in [1.165, 1.54) is 11.8 Å². The third-order valence-electron chi connectivity index (χ3n) is 2.73. The smallest absolute Gasteiger partial charge is 0.340 e. The van der Waals surface area contributed by atoms with Crippen LogP contribution in [0, 0.1) is 6.92 Å². The largest absolute Gasteiger partial charge is 0.478 e. The summed E-state index contributed by atoms with van der Waals surface area (Å²) in [6, 6.07) is 10.5. The molecule has 0 atom stereocenters. The van der Waals surface area contributed by atoms with Gasteiger partial charge in [0, 0.05) is 4.90 Å². The topological polar surface area (TPSA) is 46.5 Å². The average Bonchev–Trinajstić information content (AvgIpc) is 2.41. The highest BCUT2D eigenvalue weighted by Gasteiger charge is 2.17. The van der Waals surface area contributed by atoms with Crippen LogP contribution < -0.4 is 4.74 Å². The van der Waals surface area contributed by atoms with E-state index in [4.69, 9.17) is 16.3 Å². The van der Waals surface area contributed by atoms with Gasteiger partial charge in [-0.3, -0.25) is 0 Å². The second-order valence-electron chi connectivity index (χ2n) is 4.17. The third-order valence-corrected chi connectivity index (χ3v) is 3.80. The molecule has 0 spiro atoms. The van der Waals surface area contributed by atoms with Crippen LogP contribution >= 0.6 is 23.4 Å². The molecule has 104 valence electrons. The summed E-state index contributed by atoms with van der Waals surface area (Å²) in [5.41, 5.74) is 1.16. The first kappa shape index (κ1) is 14.8. The summed E-state index contributed by atoms with van der Waals surface area (Å²) in [5, 5.41) is 9.80. The number of carboxylic acids is 1. The number of hydrogen-bond acceptors (Lipinski definition) is 3. The molecule has 20 heavy (non-hydrogen) atoms. The van der Waals surface area contributed by atoms with Gasteiger partial charge >= 0.3 is 5.97 Å². The first-order chi connectivity index (χ1) is 9.52. The first-order valence-corrected chi connectivity index (χ1v) is 7.47. The van der Waals surface area contributed by atoms with E-state index in [9.17, 15) is 9.90 Å². The maximum atomic E-state index is 11.4. The van der Waals surface area contributed by atoms with Gasteiger partial charge < -0.3 is 9.84 Å². The van der Waals surface area contributed by atoms with Crippen molar-refractivity contribution in [1.82, 2.24) is 0 Å². The molecule has 3 nitrogen and oxygen atoms in total. The van der Waals surface area contributed by atoms with Crippen molar-refractivity contribution < 1.29 is 14.6 Å². The molecule has 0 fully saturated rings. The second-order valence-corrected chi connectivity index (χ2v) is 5.43. The molecule has 0 heterocycles. The van der Waals surface area contributed by atoms with Crippen LogP contribution in [0.2, 0.25) is 5.02 Å². The van der Waals surface area contributed by atoms with Crippen LogP contribution in [0.15, 0.2) is 41.3 Å². The highest BCUT2D eigenvalue weighted by Crippen LogP contribution is 2.35. The third kappa shape index (κ3) is 3.08. The summed E-state index contributed by atoms with van der Waals surface area (Å²) < 4.78 is 5.67. The molecule has 0 bridgehead atoms. The standard InChI is InChI=1S/C15H13ClO3S/c1-9-6-7-11(10(16)8-9)19-12-4-3-5-13(20-2)14(12)15(17)18/h3-8H,1-2H3,(H,17,18). The van der Waals surface area contributed by atoms with Crippen LogP contribution in [0.25, 0.3) is 0 Å². The molecule has 0 unspecified atom stereocenters. The molecule has 5 heteroatoms. The molecular formula is C15H13ClO3S. The summed E-state index contributed by atoms with van der Waals surface area (Å²) >= 11 is 7.47. The highest BCUT2D eigenvalue weighted by molar-refractivity contribution is 7.98. The van der Waals surface area contributed by atoms with Crippen LogP contribution in [-0.2, 0) is 0 Å². The SMILES string of the molecule is CSc1cccc(Oc2ccc(C)cc2Cl)c1C(=O)O. The van der Waals surface area contributed by atoms with Crippen molar-refractivity contribution in [2.24, 2.45) is 0 Å². The maximum absolute atomic E-state index is 11.4. The number of ether oxygens (including phenoxy) is 1. The fraction of sp³-hybridized carbons (Fsp3) is 0.133. The van der Waals surface area contributed by atoms with Crippen LogP contribution in [0.1, 0.15) is 15.9 Å². The Bertz CT molecular complexity index is 656. The number of halogens is 1. The molecular weight excluding hydrogens is 296 g/mol. The van der Waals surface area contributed by atoms with Gasteiger partial charge in [0.05, 0.1) is 5.02 Å². The minimum absolute atomic E-state index is 0.150. The number of carboxylic acid groups (broad SMARTS) is 1. The van der Waals surface area contributed by atoms with Gasteiger partial charge in [0.1, 0.15) is 17.1 Å². The lowest BCUT2D eigenvalue weighted by Gasteiger charge is -2.12. The Morgan fingerprint density at radius 3 is 2.60 bits per heavy atom. The predicted molar refractivity (Wildman–Crippen MR) is 81.4 cm³/mol. The normalized spacial score (nSPS) is 10.3. The van der Waals surface area contributed by atoms with E-state index in [0.29, 0.717) is 15.7 Å². The molecule has 1 N–H and O–H groups in total. The van der Waals surface area contributed by atoms with Crippen molar-refractivity contribution >= 4 is 29.3 Å². The van der Waals surface area contributed by atoms with E-state index in [1.54, 1.807) is 30.3 Å². The molecule has 0 saturated carbocycles. The lowest BCUT2D eigenvalue weighted by molar-refractivity contribution is 0.0690. The Balaban J connectivity index is 2.45. The predicted octanol–water partition coefficient (Wildman–Crippen LogP) is 4.86. The Hall–Kier alpha value is -1.65. The number of hydrogen-bond donors (Lipinski definition) is 1. The van der Waals surface area contributed by atoms with Crippen molar-refractivity contribution in [3.8, 4) is 11.5 Å². The van der Waals surface area contributed by atoms with Gasteiger partial charge in [-0.25, -0.2) is 4.79 Å². The summed E-state index contributed by atoms with van der Waals surface area (Å²) in [6.07, 6.45) is 1.82. The van der Waals surface area contributed by atoms with Crippen molar-refractivity contribution in [2.45, 2.75) is 11.8 Å². The number of aryl methyl sites for hydroxylation is 1. The number of carbonyl (C=O) groups is 1. The molecule has 0 radical (unpaired) electrons. The summed E-state index contributed by atoms with van der Waals surface area (Å²) in [6.45, 7) is 1.92. The number of benzene rings is 2. The van der Waals surface area contributed by atoms with Crippen molar-refractivity contribution in [1.29, 1.82) is 0 Å². The lowest BCUT2D eigenvalue weighted by Crippen LogP contribution is -2.02. The van der Waals surface area contributed by atoms with Gasteiger partial charge in [-0.05, 0) is 43.0 Å². The lowest BCUT2D eigenvalue weighted by atomic mass is 10.2. The van der Waals surface area contributed by atoms with Crippen LogP contribution in [-0.4, -0.2) is 17.3 Å². The molecule has 0 aliphatic heterocycles. The molecule has 2 aromatic rings. The van der Waals surface area contributed by atoms with E-state index in [0.717, 1.165) is 5.56 Å². The second kappa shape index (κ2) is 6.20. The Labute approximate surface area is 126 Å². The van der Waals surface area contributed by atoms with Gasteiger partial charge in [-0.15, -0.1) is 11.8 Å². The maximum Gasteiger partial charge on any atom is 0.340 e. The molecule has 0 aliphatic carbocycles. The quantitative estimate of drug-likeness (QED) is 0.819.